The average Bonchev–Trinajstić information content (AvgIpc) is 2.23. The lowest BCUT2D eigenvalue weighted by atomic mass is 10.1. The molecule has 0 atom stereocenters. The standard InChI is InChI=1S/C14H21NO3/c1-9(2)8-15(10(3)4)14(18)11-5-12(16)7-13(17)6-11/h5-7,9-10,16-17H,8H2,1-4H3. The van der Waals surface area contributed by atoms with Crippen LogP contribution in [0.4, 0.5) is 0 Å². The predicted octanol–water partition coefficient (Wildman–Crippen LogP) is 2.60. The zero-order chi connectivity index (χ0) is 13.9. The highest BCUT2D eigenvalue weighted by molar-refractivity contribution is 5.95. The highest BCUT2D eigenvalue weighted by atomic mass is 16.3. The Morgan fingerprint density at radius 2 is 1.61 bits per heavy atom. The van der Waals surface area contributed by atoms with Gasteiger partial charge < -0.3 is 15.1 Å². The molecule has 0 aliphatic rings. The lowest BCUT2D eigenvalue weighted by Crippen LogP contribution is -2.39. The Bertz CT molecular complexity index is 407. The largest absolute Gasteiger partial charge is 0.508 e. The third-order valence-corrected chi connectivity index (χ3v) is 2.60. The van der Waals surface area contributed by atoms with E-state index in [1.807, 2.05) is 27.7 Å². The molecule has 18 heavy (non-hydrogen) atoms. The molecule has 1 aromatic rings. The number of rotatable bonds is 4. The average molecular weight is 251 g/mol. The molecule has 0 saturated heterocycles. The van der Waals surface area contributed by atoms with E-state index in [1.165, 1.54) is 18.2 Å². The van der Waals surface area contributed by atoms with Gasteiger partial charge in [-0.2, -0.15) is 0 Å². The lowest BCUT2D eigenvalue weighted by Gasteiger charge is -2.28. The van der Waals surface area contributed by atoms with Gasteiger partial charge in [0.1, 0.15) is 11.5 Å². The fourth-order valence-electron chi connectivity index (χ4n) is 1.81. The van der Waals surface area contributed by atoms with Crippen molar-refractivity contribution >= 4 is 5.91 Å². The van der Waals surface area contributed by atoms with E-state index in [4.69, 9.17) is 0 Å². The first-order valence-electron chi connectivity index (χ1n) is 6.15. The SMILES string of the molecule is CC(C)CN(C(=O)c1cc(O)cc(O)c1)C(C)C. The number of benzene rings is 1. The van der Waals surface area contributed by atoms with Gasteiger partial charge in [0.05, 0.1) is 0 Å². The summed E-state index contributed by atoms with van der Waals surface area (Å²) in [5.41, 5.74) is 0.307. The van der Waals surface area contributed by atoms with Gasteiger partial charge in [-0.3, -0.25) is 4.79 Å². The second-order valence-electron chi connectivity index (χ2n) is 5.18. The van der Waals surface area contributed by atoms with Crippen LogP contribution in [0.3, 0.4) is 0 Å². The summed E-state index contributed by atoms with van der Waals surface area (Å²) in [6, 6.07) is 4.03. The van der Waals surface area contributed by atoms with Crippen LogP contribution in [0, 0.1) is 5.92 Å². The minimum Gasteiger partial charge on any atom is -0.508 e. The van der Waals surface area contributed by atoms with Crippen molar-refractivity contribution in [2.75, 3.05) is 6.54 Å². The second-order valence-corrected chi connectivity index (χ2v) is 5.18. The predicted molar refractivity (Wildman–Crippen MR) is 70.8 cm³/mol. The lowest BCUT2D eigenvalue weighted by molar-refractivity contribution is 0.0681. The van der Waals surface area contributed by atoms with Gasteiger partial charge >= 0.3 is 0 Å². The molecule has 1 aromatic carbocycles. The van der Waals surface area contributed by atoms with E-state index >= 15 is 0 Å². The molecule has 1 rings (SSSR count). The first kappa shape index (κ1) is 14.4. The summed E-state index contributed by atoms with van der Waals surface area (Å²) in [6.45, 7) is 8.63. The number of hydrogen-bond donors (Lipinski definition) is 2. The molecule has 100 valence electrons. The number of phenolic OH excluding ortho intramolecular Hbond substituents is 2. The third kappa shape index (κ3) is 3.65. The van der Waals surface area contributed by atoms with Gasteiger partial charge in [-0.1, -0.05) is 13.8 Å². The molecule has 0 radical (unpaired) electrons. The van der Waals surface area contributed by atoms with E-state index in [0.29, 0.717) is 18.0 Å². The van der Waals surface area contributed by atoms with E-state index < -0.39 is 0 Å². The fourth-order valence-corrected chi connectivity index (χ4v) is 1.81. The van der Waals surface area contributed by atoms with Crippen molar-refractivity contribution in [1.29, 1.82) is 0 Å². The highest BCUT2D eigenvalue weighted by Gasteiger charge is 2.20. The monoisotopic (exact) mass is 251 g/mol. The van der Waals surface area contributed by atoms with E-state index in [2.05, 4.69) is 0 Å². The van der Waals surface area contributed by atoms with Gasteiger partial charge in [-0.15, -0.1) is 0 Å². The first-order chi connectivity index (χ1) is 8.31. The van der Waals surface area contributed by atoms with Crippen LogP contribution in [-0.2, 0) is 0 Å². The van der Waals surface area contributed by atoms with Crippen LogP contribution in [-0.4, -0.2) is 33.6 Å². The Balaban J connectivity index is 3.01. The summed E-state index contributed by atoms with van der Waals surface area (Å²) >= 11 is 0. The molecule has 4 nitrogen and oxygen atoms in total. The molecule has 0 fully saturated rings. The van der Waals surface area contributed by atoms with Gasteiger partial charge in [0.25, 0.3) is 5.91 Å². The molecule has 0 heterocycles. The Hall–Kier alpha value is -1.71. The van der Waals surface area contributed by atoms with Gasteiger partial charge in [-0.05, 0) is 31.9 Å². The Morgan fingerprint density at radius 3 is 2.00 bits per heavy atom. The number of nitrogens with zero attached hydrogens (tertiary/aromatic N) is 1. The van der Waals surface area contributed by atoms with Crippen LogP contribution in [0.2, 0.25) is 0 Å². The van der Waals surface area contributed by atoms with Crippen molar-refractivity contribution in [3.05, 3.63) is 23.8 Å². The summed E-state index contributed by atoms with van der Waals surface area (Å²) in [4.78, 5) is 14.1. The number of hydrogen-bond acceptors (Lipinski definition) is 3. The molecule has 0 aliphatic heterocycles. The molecule has 4 heteroatoms. The third-order valence-electron chi connectivity index (χ3n) is 2.60. The van der Waals surface area contributed by atoms with Gasteiger partial charge in [0.15, 0.2) is 0 Å². The van der Waals surface area contributed by atoms with Gasteiger partial charge in [0, 0.05) is 24.2 Å². The zero-order valence-corrected chi connectivity index (χ0v) is 11.3. The van der Waals surface area contributed by atoms with Crippen LogP contribution in [0.5, 0.6) is 11.5 Å². The number of phenols is 2. The van der Waals surface area contributed by atoms with Crippen molar-refractivity contribution in [2.45, 2.75) is 33.7 Å². The summed E-state index contributed by atoms with van der Waals surface area (Å²) in [6.07, 6.45) is 0. The number of carbonyl (C=O) groups is 1. The Morgan fingerprint density at radius 1 is 1.11 bits per heavy atom. The smallest absolute Gasteiger partial charge is 0.254 e. The molecular formula is C14H21NO3. The van der Waals surface area contributed by atoms with E-state index in [-0.39, 0.29) is 23.4 Å². The molecule has 0 bridgehead atoms. The quantitative estimate of drug-likeness (QED) is 0.864. The fraction of sp³-hybridized carbons (Fsp3) is 0.500. The maximum atomic E-state index is 12.3. The molecule has 0 aromatic heterocycles. The molecule has 1 amide bonds. The highest BCUT2D eigenvalue weighted by Crippen LogP contribution is 2.22. The molecule has 0 saturated carbocycles. The second kappa shape index (κ2) is 5.76. The van der Waals surface area contributed by atoms with Crippen molar-refractivity contribution < 1.29 is 15.0 Å². The van der Waals surface area contributed by atoms with Gasteiger partial charge in [-0.25, -0.2) is 0 Å². The van der Waals surface area contributed by atoms with E-state index in [1.54, 1.807) is 4.90 Å². The Labute approximate surface area is 108 Å². The van der Waals surface area contributed by atoms with Crippen molar-refractivity contribution in [3.8, 4) is 11.5 Å². The van der Waals surface area contributed by atoms with E-state index in [9.17, 15) is 15.0 Å². The van der Waals surface area contributed by atoms with Crippen molar-refractivity contribution in [1.82, 2.24) is 4.90 Å². The molecule has 0 spiro atoms. The molecule has 0 aliphatic carbocycles. The summed E-state index contributed by atoms with van der Waals surface area (Å²) in [7, 11) is 0. The number of amides is 1. The molecule has 0 unspecified atom stereocenters. The van der Waals surface area contributed by atoms with Crippen LogP contribution < -0.4 is 0 Å². The first-order valence-corrected chi connectivity index (χ1v) is 6.15. The maximum Gasteiger partial charge on any atom is 0.254 e. The van der Waals surface area contributed by atoms with Crippen LogP contribution in [0.15, 0.2) is 18.2 Å². The summed E-state index contributed by atoms with van der Waals surface area (Å²) in [5, 5.41) is 18.8. The zero-order valence-electron chi connectivity index (χ0n) is 11.3. The molecular weight excluding hydrogens is 230 g/mol. The minimum atomic E-state index is -0.176. The Kier molecular flexibility index (Phi) is 4.59. The van der Waals surface area contributed by atoms with Crippen LogP contribution in [0.25, 0.3) is 0 Å². The van der Waals surface area contributed by atoms with Crippen molar-refractivity contribution in [2.24, 2.45) is 5.92 Å². The van der Waals surface area contributed by atoms with E-state index in [0.717, 1.165) is 0 Å². The van der Waals surface area contributed by atoms with Gasteiger partial charge in [0.2, 0.25) is 0 Å². The van der Waals surface area contributed by atoms with Crippen LogP contribution >= 0.6 is 0 Å². The summed E-state index contributed by atoms with van der Waals surface area (Å²) in [5.74, 6) is -0.0228. The number of aromatic hydroxyl groups is 2. The number of carbonyl (C=O) groups excluding carboxylic acids is 1. The van der Waals surface area contributed by atoms with Crippen LogP contribution in [0.1, 0.15) is 38.1 Å². The maximum absolute atomic E-state index is 12.3. The topological polar surface area (TPSA) is 60.8 Å². The summed E-state index contributed by atoms with van der Waals surface area (Å²) < 4.78 is 0. The molecule has 2 N–H and O–H groups in total. The normalized spacial score (nSPS) is 11.0. The minimum absolute atomic E-state index is 0.0735. The van der Waals surface area contributed by atoms with Crippen molar-refractivity contribution in [3.63, 3.8) is 0 Å².